The predicted molar refractivity (Wildman–Crippen MR) is 94.8 cm³/mol. The number of rotatable bonds is 2. The lowest BCUT2D eigenvalue weighted by atomic mass is 10.0. The van der Waals surface area contributed by atoms with Crippen molar-refractivity contribution < 1.29 is 22.8 Å². The zero-order chi connectivity index (χ0) is 19.3. The molecule has 0 bridgehead atoms. The van der Waals surface area contributed by atoms with Crippen LogP contribution < -0.4 is 5.73 Å². The zero-order valence-electron chi connectivity index (χ0n) is 14.3. The lowest BCUT2D eigenvalue weighted by Crippen LogP contribution is -2.56. The molecule has 144 valence electrons. The lowest BCUT2D eigenvalue weighted by Gasteiger charge is -2.37. The molecule has 2 saturated heterocycles. The first kappa shape index (κ1) is 18.2. The maximum absolute atomic E-state index is 13.7. The van der Waals surface area contributed by atoms with Crippen molar-refractivity contribution in [3.63, 3.8) is 0 Å². The van der Waals surface area contributed by atoms with E-state index in [1.807, 2.05) is 0 Å². The highest BCUT2D eigenvalue weighted by Gasteiger charge is 2.46. The summed E-state index contributed by atoms with van der Waals surface area (Å²) in [6, 6.07) is 5.37. The van der Waals surface area contributed by atoms with Crippen LogP contribution in [0.5, 0.6) is 0 Å². The van der Waals surface area contributed by atoms with E-state index < -0.39 is 36.9 Å². The number of nitrogens with zero attached hydrogens (tertiary/aromatic N) is 2. The van der Waals surface area contributed by atoms with Crippen LogP contribution in [0.15, 0.2) is 28.7 Å². The van der Waals surface area contributed by atoms with Crippen LogP contribution in [0.3, 0.4) is 0 Å². The largest absolute Gasteiger partial charge is 0.451 e. The summed E-state index contributed by atoms with van der Waals surface area (Å²) in [5.74, 6) is -3.55. The molecule has 2 N–H and O–H groups in total. The molecular formula is C18H18ClF2N3O3. The molecule has 27 heavy (non-hydrogen) atoms. The van der Waals surface area contributed by atoms with Gasteiger partial charge in [0, 0.05) is 42.4 Å². The Bertz CT molecular complexity index is 916. The van der Waals surface area contributed by atoms with E-state index in [4.69, 9.17) is 21.8 Å². The van der Waals surface area contributed by atoms with Gasteiger partial charge in [0.05, 0.1) is 12.6 Å². The molecule has 2 fully saturated rings. The van der Waals surface area contributed by atoms with Crippen LogP contribution >= 0.6 is 11.6 Å². The fourth-order valence-electron chi connectivity index (χ4n) is 3.73. The number of carbonyl (C=O) groups excluding carboxylic acids is 2. The minimum Gasteiger partial charge on any atom is -0.451 e. The molecule has 2 aliphatic rings. The average molecular weight is 398 g/mol. The highest BCUT2D eigenvalue weighted by molar-refractivity contribution is 6.31. The van der Waals surface area contributed by atoms with E-state index >= 15 is 0 Å². The van der Waals surface area contributed by atoms with Crippen LogP contribution in [0.4, 0.5) is 8.78 Å². The number of hydrogen-bond donors (Lipinski definition) is 1. The Morgan fingerprint density at radius 3 is 2.85 bits per heavy atom. The Labute approximate surface area is 158 Å². The normalized spacial score (nSPS) is 25.4. The Kier molecular flexibility index (Phi) is 4.35. The van der Waals surface area contributed by atoms with Crippen LogP contribution in [0, 0.1) is 0 Å². The van der Waals surface area contributed by atoms with Gasteiger partial charge < -0.3 is 20.0 Å². The van der Waals surface area contributed by atoms with E-state index in [0.29, 0.717) is 16.0 Å². The number of piperidine rings is 1. The minimum absolute atomic E-state index is 0.0968. The van der Waals surface area contributed by atoms with Gasteiger partial charge in [-0.15, -0.1) is 0 Å². The van der Waals surface area contributed by atoms with Crippen LogP contribution in [-0.4, -0.2) is 59.3 Å². The number of likely N-dealkylation sites (tertiary alicyclic amines) is 2. The van der Waals surface area contributed by atoms with Crippen molar-refractivity contribution in [2.24, 2.45) is 5.73 Å². The smallest absolute Gasteiger partial charge is 0.289 e. The summed E-state index contributed by atoms with van der Waals surface area (Å²) in [4.78, 5) is 27.5. The highest BCUT2D eigenvalue weighted by Crippen LogP contribution is 2.31. The number of alkyl halides is 2. The van der Waals surface area contributed by atoms with E-state index in [1.54, 1.807) is 24.3 Å². The number of furan rings is 1. The van der Waals surface area contributed by atoms with Crippen molar-refractivity contribution in [3.05, 3.63) is 35.0 Å². The Hall–Kier alpha value is -2.19. The van der Waals surface area contributed by atoms with Gasteiger partial charge in [-0.3, -0.25) is 9.59 Å². The SMILES string of the molecule is N[C@H]1CN(C(=O)c2cc3cc(Cl)ccc3o2)C[C@@H]1N1CC(F)(F)CCC1=O. The lowest BCUT2D eigenvalue weighted by molar-refractivity contribution is -0.150. The predicted octanol–water partition coefficient (Wildman–Crippen LogP) is 2.50. The molecule has 0 spiro atoms. The molecule has 9 heteroatoms. The summed E-state index contributed by atoms with van der Waals surface area (Å²) in [5.41, 5.74) is 6.60. The fraction of sp³-hybridized carbons (Fsp3) is 0.444. The molecule has 4 rings (SSSR count). The third kappa shape index (κ3) is 3.39. The average Bonchev–Trinajstić information content (AvgIpc) is 3.19. The number of amides is 2. The van der Waals surface area contributed by atoms with Crippen molar-refractivity contribution in [2.75, 3.05) is 19.6 Å². The fourth-order valence-corrected chi connectivity index (χ4v) is 3.92. The van der Waals surface area contributed by atoms with E-state index in [1.165, 1.54) is 4.90 Å². The van der Waals surface area contributed by atoms with Crippen LogP contribution in [0.1, 0.15) is 23.4 Å². The first-order valence-corrected chi connectivity index (χ1v) is 9.02. The summed E-state index contributed by atoms with van der Waals surface area (Å²) in [6.07, 6.45) is -0.664. The van der Waals surface area contributed by atoms with Crippen molar-refractivity contribution in [2.45, 2.75) is 30.8 Å². The van der Waals surface area contributed by atoms with Crippen molar-refractivity contribution in [3.8, 4) is 0 Å². The van der Waals surface area contributed by atoms with Gasteiger partial charge in [0.25, 0.3) is 11.8 Å². The maximum Gasteiger partial charge on any atom is 0.289 e. The van der Waals surface area contributed by atoms with E-state index in [0.717, 1.165) is 4.90 Å². The second-order valence-electron chi connectivity index (χ2n) is 7.11. The van der Waals surface area contributed by atoms with Gasteiger partial charge in [-0.2, -0.15) is 0 Å². The topological polar surface area (TPSA) is 79.8 Å². The molecule has 6 nitrogen and oxygen atoms in total. The first-order chi connectivity index (χ1) is 12.7. The second-order valence-corrected chi connectivity index (χ2v) is 7.55. The number of fused-ring (bicyclic) bond motifs is 1. The Balaban J connectivity index is 1.53. The molecule has 0 unspecified atom stereocenters. The summed E-state index contributed by atoms with van der Waals surface area (Å²) in [6.45, 7) is -0.397. The first-order valence-electron chi connectivity index (χ1n) is 8.65. The summed E-state index contributed by atoms with van der Waals surface area (Å²) in [7, 11) is 0. The molecule has 3 heterocycles. The van der Waals surface area contributed by atoms with Crippen LogP contribution in [-0.2, 0) is 4.79 Å². The molecule has 2 aromatic rings. The monoisotopic (exact) mass is 397 g/mol. The molecule has 0 radical (unpaired) electrons. The highest BCUT2D eigenvalue weighted by atomic mass is 35.5. The third-order valence-corrected chi connectivity index (χ3v) is 5.37. The molecule has 0 aliphatic carbocycles. The van der Waals surface area contributed by atoms with Gasteiger partial charge in [-0.1, -0.05) is 11.6 Å². The van der Waals surface area contributed by atoms with Crippen molar-refractivity contribution in [1.82, 2.24) is 9.80 Å². The molecule has 1 aromatic heterocycles. The molecule has 2 aliphatic heterocycles. The zero-order valence-corrected chi connectivity index (χ0v) is 15.1. The van der Waals surface area contributed by atoms with Crippen molar-refractivity contribution in [1.29, 1.82) is 0 Å². The molecular weight excluding hydrogens is 380 g/mol. The summed E-state index contributed by atoms with van der Waals surface area (Å²) in [5, 5.41) is 1.21. The number of carbonyl (C=O) groups is 2. The number of nitrogens with two attached hydrogens (primary N) is 1. The third-order valence-electron chi connectivity index (χ3n) is 5.14. The quantitative estimate of drug-likeness (QED) is 0.844. The number of halogens is 3. The number of hydrogen-bond acceptors (Lipinski definition) is 4. The molecule has 2 atom stereocenters. The maximum atomic E-state index is 13.7. The molecule has 1 aromatic carbocycles. The van der Waals surface area contributed by atoms with Gasteiger partial charge in [0.2, 0.25) is 5.91 Å². The molecule has 0 saturated carbocycles. The second kappa shape index (κ2) is 6.45. The summed E-state index contributed by atoms with van der Waals surface area (Å²) >= 11 is 5.94. The summed E-state index contributed by atoms with van der Waals surface area (Å²) < 4.78 is 33.1. The minimum atomic E-state index is -2.93. The van der Waals surface area contributed by atoms with Crippen LogP contribution in [0.2, 0.25) is 5.02 Å². The van der Waals surface area contributed by atoms with Gasteiger partial charge in [0.1, 0.15) is 5.58 Å². The van der Waals surface area contributed by atoms with Gasteiger partial charge in [-0.25, -0.2) is 8.78 Å². The number of benzene rings is 1. The Morgan fingerprint density at radius 1 is 1.30 bits per heavy atom. The molecule has 2 amide bonds. The van der Waals surface area contributed by atoms with Gasteiger partial charge in [-0.05, 0) is 24.3 Å². The van der Waals surface area contributed by atoms with Gasteiger partial charge >= 0.3 is 0 Å². The van der Waals surface area contributed by atoms with E-state index in [-0.39, 0.29) is 31.2 Å². The van der Waals surface area contributed by atoms with E-state index in [2.05, 4.69) is 0 Å². The van der Waals surface area contributed by atoms with Gasteiger partial charge in [0.15, 0.2) is 5.76 Å². The Morgan fingerprint density at radius 2 is 2.07 bits per heavy atom. The van der Waals surface area contributed by atoms with E-state index in [9.17, 15) is 18.4 Å². The van der Waals surface area contributed by atoms with Crippen molar-refractivity contribution >= 4 is 34.4 Å². The van der Waals surface area contributed by atoms with Crippen LogP contribution in [0.25, 0.3) is 11.0 Å². The standard InChI is InChI=1S/C18H18ClF2N3O3/c19-11-1-2-14-10(5-11)6-15(27-14)17(26)23-7-12(22)13(8-23)24-9-18(20,21)4-3-16(24)25/h1-2,5-6,12-13H,3-4,7-9,22H2/t12-,13-/m0/s1.